The fourth-order valence-corrected chi connectivity index (χ4v) is 3.71. The van der Waals surface area contributed by atoms with E-state index >= 15 is 0 Å². The fourth-order valence-electron chi connectivity index (χ4n) is 3.71. The maximum absolute atomic E-state index is 12.5. The summed E-state index contributed by atoms with van der Waals surface area (Å²) in [5, 5.41) is 9.10. The second-order valence-corrected chi connectivity index (χ2v) is 7.07. The van der Waals surface area contributed by atoms with Gasteiger partial charge < -0.3 is 10.0 Å². The zero-order valence-corrected chi connectivity index (χ0v) is 15.3. The van der Waals surface area contributed by atoms with Crippen molar-refractivity contribution in [3.63, 3.8) is 0 Å². The third-order valence-corrected chi connectivity index (χ3v) is 4.87. The van der Waals surface area contributed by atoms with Crippen molar-refractivity contribution in [2.75, 3.05) is 13.1 Å². The molecule has 0 bridgehead atoms. The van der Waals surface area contributed by atoms with Crippen LogP contribution in [0.2, 0.25) is 0 Å². The Balaban J connectivity index is 1.87. The van der Waals surface area contributed by atoms with Gasteiger partial charge in [0.2, 0.25) is 5.91 Å². The van der Waals surface area contributed by atoms with Crippen LogP contribution in [0.25, 0.3) is 0 Å². The van der Waals surface area contributed by atoms with Gasteiger partial charge >= 0.3 is 5.97 Å². The van der Waals surface area contributed by atoms with Crippen LogP contribution in [0, 0.1) is 26.7 Å². The average molecular weight is 345 g/mol. The Morgan fingerprint density at radius 2 is 1.76 bits per heavy atom. The lowest BCUT2D eigenvalue weighted by Crippen LogP contribution is -2.42. The molecule has 5 nitrogen and oxygen atoms in total. The van der Waals surface area contributed by atoms with Gasteiger partial charge in [-0.3, -0.25) is 14.4 Å². The summed E-state index contributed by atoms with van der Waals surface area (Å²) in [6.45, 7) is 6.80. The standard InChI is InChI=1S/C20H27NO4/c1-13-10-14(2)19(15(3)11-13)17(22)7-4-8-18(23)21-9-5-6-16(12-21)20(24)25/h10-11,16H,4-9,12H2,1-3H3,(H,24,25). The van der Waals surface area contributed by atoms with E-state index < -0.39 is 11.9 Å². The maximum atomic E-state index is 12.5. The molecule has 0 saturated carbocycles. The van der Waals surface area contributed by atoms with E-state index in [1.807, 2.05) is 32.9 Å². The molecule has 1 atom stereocenters. The highest BCUT2D eigenvalue weighted by atomic mass is 16.4. The Bertz CT molecular complexity index is 657. The van der Waals surface area contributed by atoms with E-state index in [0.717, 1.165) is 28.7 Å². The number of carbonyl (C=O) groups is 3. The van der Waals surface area contributed by atoms with Crippen LogP contribution in [-0.2, 0) is 9.59 Å². The summed E-state index contributed by atoms with van der Waals surface area (Å²) in [6, 6.07) is 4.01. The van der Waals surface area contributed by atoms with E-state index in [1.165, 1.54) is 0 Å². The zero-order valence-electron chi connectivity index (χ0n) is 15.3. The Labute approximate surface area is 149 Å². The predicted octanol–water partition coefficient (Wildman–Crippen LogP) is 3.29. The SMILES string of the molecule is Cc1cc(C)c(C(=O)CCCC(=O)N2CCCC(C(=O)O)C2)c(C)c1. The molecule has 0 spiro atoms. The number of likely N-dealkylation sites (tertiary alicyclic amines) is 1. The van der Waals surface area contributed by atoms with Crippen molar-refractivity contribution < 1.29 is 19.5 Å². The van der Waals surface area contributed by atoms with Crippen LogP contribution in [0.5, 0.6) is 0 Å². The Hall–Kier alpha value is -2.17. The van der Waals surface area contributed by atoms with Gasteiger partial charge in [-0.2, -0.15) is 0 Å². The zero-order chi connectivity index (χ0) is 18.6. The van der Waals surface area contributed by atoms with E-state index in [1.54, 1.807) is 4.90 Å². The molecule has 1 N–H and O–H groups in total. The van der Waals surface area contributed by atoms with E-state index in [4.69, 9.17) is 5.11 Å². The molecular weight excluding hydrogens is 318 g/mol. The number of aliphatic carboxylic acids is 1. The highest BCUT2D eigenvalue weighted by Crippen LogP contribution is 2.21. The lowest BCUT2D eigenvalue weighted by Gasteiger charge is -2.30. The lowest BCUT2D eigenvalue weighted by atomic mass is 9.94. The molecule has 1 aromatic carbocycles. The van der Waals surface area contributed by atoms with Gasteiger partial charge in [-0.05, 0) is 51.2 Å². The number of carbonyl (C=O) groups excluding carboxylic acids is 2. The summed E-state index contributed by atoms with van der Waals surface area (Å²) in [6.07, 6.45) is 2.49. The van der Waals surface area contributed by atoms with Gasteiger partial charge in [0.1, 0.15) is 0 Å². The molecule has 0 aliphatic carbocycles. The number of nitrogens with zero attached hydrogens (tertiary/aromatic N) is 1. The van der Waals surface area contributed by atoms with Crippen molar-refractivity contribution in [2.24, 2.45) is 5.92 Å². The van der Waals surface area contributed by atoms with Crippen molar-refractivity contribution in [3.05, 3.63) is 34.4 Å². The van der Waals surface area contributed by atoms with E-state index in [0.29, 0.717) is 32.2 Å². The molecule has 1 aliphatic heterocycles. The number of piperidine rings is 1. The Morgan fingerprint density at radius 3 is 2.36 bits per heavy atom. The van der Waals surface area contributed by atoms with Crippen LogP contribution in [0.4, 0.5) is 0 Å². The molecule has 0 radical (unpaired) electrons. The lowest BCUT2D eigenvalue weighted by molar-refractivity contribution is -0.145. The molecule has 25 heavy (non-hydrogen) atoms. The van der Waals surface area contributed by atoms with E-state index in [-0.39, 0.29) is 18.2 Å². The minimum Gasteiger partial charge on any atom is -0.481 e. The van der Waals surface area contributed by atoms with Gasteiger partial charge in [-0.1, -0.05) is 17.7 Å². The number of aryl methyl sites for hydroxylation is 3. The van der Waals surface area contributed by atoms with Gasteiger partial charge in [0.25, 0.3) is 0 Å². The number of hydrogen-bond donors (Lipinski definition) is 1. The molecule has 136 valence electrons. The molecule has 1 fully saturated rings. The summed E-state index contributed by atoms with van der Waals surface area (Å²) in [5.74, 6) is -1.27. The topological polar surface area (TPSA) is 74.7 Å². The number of ketones is 1. The highest BCUT2D eigenvalue weighted by Gasteiger charge is 2.27. The van der Waals surface area contributed by atoms with Crippen LogP contribution in [0.1, 0.15) is 59.2 Å². The first-order valence-corrected chi connectivity index (χ1v) is 8.91. The number of hydrogen-bond acceptors (Lipinski definition) is 3. The van der Waals surface area contributed by atoms with E-state index in [2.05, 4.69) is 0 Å². The molecule has 1 unspecified atom stereocenters. The van der Waals surface area contributed by atoms with Gasteiger partial charge in [-0.25, -0.2) is 0 Å². The monoisotopic (exact) mass is 345 g/mol. The summed E-state index contributed by atoms with van der Waals surface area (Å²) in [4.78, 5) is 37.5. The first-order valence-electron chi connectivity index (χ1n) is 8.91. The number of Topliss-reactive ketones (excluding diaryl/α,β-unsaturated/α-hetero) is 1. The molecule has 1 aliphatic rings. The summed E-state index contributed by atoms with van der Waals surface area (Å²) in [5.41, 5.74) is 3.87. The Morgan fingerprint density at radius 1 is 1.12 bits per heavy atom. The normalized spacial score (nSPS) is 17.4. The smallest absolute Gasteiger partial charge is 0.308 e. The molecule has 1 saturated heterocycles. The van der Waals surface area contributed by atoms with Crippen LogP contribution in [0.3, 0.4) is 0 Å². The number of carboxylic acid groups (broad SMARTS) is 1. The third kappa shape index (κ3) is 4.91. The van der Waals surface area contributed by atoms with Crippen molar-refractivity contribution in [3.8, 4) is 0 Å². The third-order valence-electron chi connectivity index (χ3n) is 4.87. The second kappa shape index (κ2) is 8.28. The summed E-state index contributed by atoms with van der Waals surface area (Å²) >= 11 is 0. The number of rotatable bonds is 6. The summed E-state index contributed by atoms with van der Waals surface area (Å²) < 4.78 is 0. The van der Waals surface area contributed by atoms with Crippen LogP contribution < -0.4 is 0 Å². The van der Waals surface area contributed by atoms with E-state index in [9.17, 15) is 14.4 Å². The molecule has 1 amide bonds. The number of carboxylic acids is 1. The van der Waals surface area contributed by atoms with Gasteiger partial charge in [0.15, 0.2) is 5.78 Å². The van der Waals surface area contributed by atoms with Crippen molar-refractivity contribution in [2.45, 2.75) is 52.9 Å². The maximum Gasteiger partial charge on any atom is 0.308 e. The van der Waals surface area contributed by atoms with Crippen molar-refractivity contribution in [1.29, 1.82) is 0 Å². The minimum atomic E-state index is -0.835. The largest absolute Gasteiger partial charge is 0.481 e. The van der Waals surface area contributed by atoms with Crippen LogP contribution >= 0.6 is 0 Å². The molecule has 0 aromatic heterocycles. The first kappa shape index (κ1) is 19.2. The molecule has 2 rings (SSSR count). The molecule has 5 heteroatoms. The second-order valence-electron chi connectivity index (χ2n) is 7.07. The number of benzene rings is 1. The predicted molar refractivity (Wildman–Crippen MR) is 95.8 cm³/mol. The van der Waals surface area contributed by atoms with Crippen LogP contribution in [0.15, 0.2) is 12.1 Å². The first-order chi connectivity index (χ1) is 11.8. The molecule has 1 aromatic rings. The number of amides is 1. The average Bonchev–Trinajstić information content (AvgIpc) is 2.53. The highest BCUT2D eigenvalue weighted by molar-refractivity contribution is 5.99. The summed E-state index contributed by atoms with van der Waals surface area (Å²) in [7, 11) is 0. The minimum absolute atomic E-state index is 0.0453. The van der Waals surface area contributed by atoms with Gasteiger partial charge in [-0.15, -0.1) is 0 Å². The Kier molecular flexibility index (Phi) is 6.34. The molecule has 1 heterocycles. The van der Waals surface area contributed by atoms with Crippen molar-refractivity contribution in [1.82, 2.24) is 4.90 Å². The van der Waals surface area contributed by atoms with Gasteiger partial charge in [0.05, 0.1) is 5.92 Å². The van der Waals surface area contributed by atoms with Crippen LogP contribution in [-0.4, -0.2) is 40.8 Å². The fraction of sp³-hybridized carbons (Fsp3) is 0.550. The molecular formula is C20H27NO4. The van der Waals surface area contributed by atoms with Gasteiger partial charge in [0, 0.05) is 31.5 Å². The van der Waals surface area contributed by atoms with Crippen molar-refractivity contribution >= 4 is 17.7 Å². The quantitative estimate of drug-likeness (QED) is 0.803.